The summed E-state index contributed by atoms with van der Waals surface area (Å²) in [6, 6.07) is -1.76. The van der Waals surface area contributed by atoms with Gasteiger partial charge in [-0.1, -0.05) is 20.8 Å². The van der Waals surface area contributed by atoms with Crippen LogP contribution in [-0.4, -0.2) is 59.6 Å². The fourth-order valence-corrected chi connectivity index (χ4v) is 1.80. The van der Waals surface area contributed by atoms with Crippen molar-refractivity contribution in [2.45, 2.75) is 39.8 Å². The molecule has 1 fully saturated rings. The SMILES string of the molecule is CC(NC(=O)C(C)(C)C)C(=O)N1CCOCC1C(=O)O. The zero-order chi connectivity index (χ0) is 15.5. The first-order valence-electron chi connectivity index (χ1n) is 6.56. The first-order chi connectivity index (χ1) is 9.14. The Labute approximate surface area is 118 Å². The zero-order valence-electron chi connectivity index (χ0n) is 12.3. The second-order valence-corrected chi connectivity index (χ2v) is 5.91. The minimum Gasteiger partial charge on any atom is -0.480 e. The maximum atomic E-state index is 12.3. The Bertz CT molecular complexity index is 402. The van der Waals surface area contributed by atoms with Crippen molar-refractivity contribution in [3.63, 3.8) is 0 Å². The van der Waals surface area contributed by atoms with E-state index in [0.29, 0.717) is 6.61 Å². The Morgan fingerprint density at radius 1 is 1.35 bits per heavy atom. The molecule has 2 amide bonds. The van der Waals surface area contributed by atoms with Gasteiger partial charge >= 0.3 is 5.97 Å². The van der Waals surface area contributed by atoms with E-state index in [0.717, 1.165) is 0 Å². The molecule has 2 N–H and O–H groups in total. The minimum absolute atomic E-state index is 0.0268. The summed E-state index contributed by atoms with van der Waals surface area (Å²) in [6.45, 7) is 7.28. The number of nitrogens with one attached hydrogen (secondary N) is 1. The van der Waals surface area contributed by atoms with Gasteiger partial charge in [0.2, 0.25) is 11.8 Å². The van der Waals surface area contributed by atoms with E-state index in [1.54, 1.807) is 27.7 Å². The summed E-state index contributed by atoms with van der Waals surface area (Å²) < 4.78 is 5.08. The van der Waals surface area contributed by atoms with Gasteiger partial charge in [-0.3, -0.25) is 9.59 Å². The number of morpholine rings is 1. The predicted octanol–water partition coefficient (Wildman–Crippen LogP) is -0.151. The van der Waals surface area contributed by atoms with E-state index in [1.165, 1.54) is 4.90 Å². The van der Waals surface area contributed by atoms with Gasteiger partial charge in [-0.15, -0.1) is 0 Å². The number of ether oxygens (including phenoxy) is 1. The molecule has 2 atom stereocenters. The Kier molecular flexibility index (Phi) is 5.10. The molecule has 7 heteroatoms. The maximum absolute atomic E-state index is 12.3. The van der Waals surface area contributed by atoms with Crippen molar-refractivity contribution < 1.29 is 24.2 Å². The Hall–Kier alpha value is -1.63. The molecule has 0 aromatic heterocycles. The summed E-state index contributed by atoms with van der Waals surface area (Å²) in [6.07, 6.45) is 0. The van der Waals surface area contributed by atoms with E-state index in [-0.39, 0.29) is 19.1 Å². The van der Waals surface area contributed by atoms with Gasteiger partial charge in [0, 0.05) is 12.0 Å². The predicted molar refractivity (Wildman–Crippen MR) is 71.0 cm³/mol. The number of aliphatic carboxylic acids is 1. The molecule has 1 aliphatic rings. The van der Waals surface area contributed by atoms with Crippen LogP contribution in [0.4, 0.5) is 0 Å². The van der Waals surface area contributed by atoms with E-state index in [2.05, 4.69) is 5.32 Å². The summed E-state index contributed by atoms with van der Waals surface area (Å²) in [5.74, 6) is -1.76. The monoisotopic (exact) mass is 286 g/mol. The molecular weight excluding hydrogens is 264 g/mol. The standard InChI is InChI=1S/C13H22N2O5/c1-8(14-12(19)13(2,3)4)10(16)15-5-6-20-7-9(15)11(17)18/h8-9H,5-7H2,1-4H3,(H,14,19)(H,17,18). The Morgan fingerprint density at radius 2 is 1.95 bits per heavy atom. The van der Waals surface area contributed by atoms with Crippen LogP contribution in [0.25, 0.3) is 0 Å². The van der Waals surface area contributed by atoms with Gasteiger partial charge in [0.05, 0.1) is 13.2 Å². The second kappa shape index (κ2) is 6.21. The van der Waals surface area contributed by atoms with Crippen LogP contribution in [0.5, 0.6) is 0 Å². The van der Waals surface area contributed by atoms with Gasteiger partial charge < -0.3 is 20.1 Å². The summed E-state index contributed by atoms with van der Waals surface area (Å²) in [5.41, 5.74) is -0.605. The van der Waals surface area contributed by atoms with Crippen molar-refractivity contribution in [1.82, 2.24) is 10.2 Å². The molecule has 0 aromatic carbocycles. The molecule has 0 aliphatic carbocycles. The number of carboxylic acid groups (broad SMARTS) is 1. The molecule has 7 nitrogen and oxygen atoms in total. The van der Waals surface area contributed by atoms with Gasteiger partial charge in [-0.05, 0) is 6.92 Å². The highest BCUT2D eigenvalue weighted by atomic mass is 16.5. The number of carboxylic acids is 1. The third-order valence-electron chi connectivity index (χ3n) is 3.10. The van der Waals surface area contributed by atoms with Gasteiger partial charge in [0.15, 0.2) is 6.04 Å². The minimum atomic E-state index is -1.10. The number of rotatable bonds is 3. The van der Waals surface area contributed by atoms with E-state index >= 15 is 0 Å². The van der Waals surface area contributed by atoms with Gasteiger partial charge in [0.25, 0.3) is 0 Å². The highest BCUT2D eigenvalue weighted by molar-refractivity contribution is 5.91. The van der Waals surface area contributed by atoms with Gasteiger partial charge in [-0.25, -0.2) is 4.79 Å². The van der Waals surface area contributed by atoms with Crippen molar-refractivity contribution >= 4 is 17.8 Å². The Morgan fingerprint density at radius 3 is 2.45 bits per heavy atom. The number of amides is 2. The number of hydrogen-bond donors (Lipinski definition) is 2. The van der Waals surface area contributed by atoms with Gasteiger partial charge in [0.1, 0.15) is 6.04 Å². The van der Waals surface area contributed by atoms with Crippen molar-refractivity contribution in [3.8, 4) is 0 Å². The average Bonchev–Trinajstić information content (AvgIpc) is 2.36. The van der Waals surface area contributed by atoms with Crippen LogP contribution in [0.2, 0.25) is 0 Å². The molecule has 0 spiro atoms. The van der Waals surface area contributed by atoms with E-state index < -0.39 is 29.4 Å². The van der Waals surface area contributed by atoms with Crippen molar-refractivity contribution in [2.75, 3.05) is 19.8 Å². The third kappa shape index (κ3) is 3.93. The first kappa shape index (κ1) is 16.4. The third-order valence-corrected chi connectivity index (χ3v) is 3.10. The summed E-state index contributed by atoms with van der Waals surface area (Å²) in [4.78, 5) is 36.5. The molecule has 0 radical (unpaired) electrons. The quantitative estimate of drug-likeness (QED) is 0.752. The van der Waals surface area contributed by atoms with Crippen LogP contribution in [0.1, 0.15) is 27.7 Å². The lowest BCUT2D eigenvalue weighted by atomic mass is 9.95. The molecule has 1 aliphatic heterocycles. The largest absolute Gasteiger partial charge is 0.480 e. The van der Waals surface area contributed by atoms with E-state index in [4.69, 9.17) is 9.84 Å². The number of nitrogens with zero attached hydrogens (tertiary/aromatic N) is 1. The molecule has 2 unspecified atom stereocenters. The van der Waals surface area contributed by atoms with Gasteiger partial charge in [-0.2, -0.15) is 0 Å². The molecular formula is C13H22N2O5. The summed E-state index contributed by atoms with van der Waals surface area (Å²) in [5, 5.41) is 11.7. The first-order valence-corrected chi connectivity index (χ1v) is 6.56. The Balaban J connectivity index is 2.72. The molecule has 0 saturated carbocycles. The zero-order valence-corrected chi connectivity index (χ0v) is 12.3. The highest BCUT2D eigenvalue weighted by Gasteiger charge is 2.36. The fraction of sp³-hybridized carbons (Fsp3) is 0.769. The van der Waals surface area contributed by atoms with Crippen LogP contribution >= 0.6 is 0 Å². The van der Waals surface area contributed by atoms with Crippen molar-refractivity contribution in [2.24, 2.45) is 5.41 Å². The van der Waals surface area contributed by atoms with Crippen LogP contribution in [0.3, 0.4) is 0 Å². The summed E-state index contributed by atoms with van der Waals surface area (Å²) >= 11 is 0. The topological polar surface area (TPSA) is 95.9 Å². The molecule has 114 valence electrons. The van der Waals surface area contributed by atoms with Crippen molar-refractivity contribution in [3.05, 3.63) is 0 Å². The van der Waals surface area contributed by atoms with Crippen molar-refractivity contribution in [1.29, 1.82) is 0 Å². The second-order valence-electron chi connectivity index (χ2n) is 5.91. The highest BCUT2D eigenvalue weighted by Crippen LogP contribution is 2.14. The average molecular weight is 286 g/mol. The lowest BCUT2D eigenvalue weighted by Gasteiger charge is -2.35. The lowest BCUT2D eigenvalue weighted by molar-refractivity contribution is -0.159. The molecule has 0 aromatic rings. The van der Waals surface area contributed by atoms with Crippen LogP contribution in [0.15, 0.2) is 0 Å². The number of carbonyl (C=O) groups excluding carboxylic acids is 2. The number of hydrogen-bond acceptors (Lipinski definition) is 4. The molecule has 1 rings (SSSR count). The van der Waals surface area contributed by atoms with Crippen LogP contribution in [-0.2, 0) is 19.1 Å². The fourth-order valence-electron chi connectivity index (χ4n) is 1.80. The molecule has 1 saturated heterocycles. The number of carbonyl (C=O) groups is 3. The van der Waals surface area contributed by atoms with Crippen LogP contribution in [0, 0.1) is 5.41 Å². The lowest BCUT2D eigenvalue weighted by Crippen LogP contribution is -2.58. The molecule has 1 heterocycles. The smallest absolute Gasteiger partial charge is 0.328 e. The summed E-state index contributed by atoms with van der Waals surface area (Å²) in [7, 11) is 0. The van der Waals surface area contributed by atoms with Crippen LogP contribution < -0.4 is 5.32 Å². The maximum Gasteiger partial charge on any atom is 0.328 e. The normalized spacial score (nSPS) is 21.2. The molecule has 20 heavy (non-hydrogen) atoms. The van der Waals surface area contributed by atoms with E-state index in [9.17, 15) is 14.4 Å². The van der Waals surface area contributed by atoms with E-state index in [1.807, 2.05) is 0 Å². The molecule has 0 bridgehead atoms.